The Labute approximate surface area is 102 Å². The van der Waals surface area contributed by atoms with Gasteiger partial charge in [0.05, 0.1) is 5.38 Å². The largest absolute Gasteiger partial charge is 0.481 e. The van der Waals surface area contributed by atoms with E-state index in [1.165, 1.54) is 0 Å². The Balaban J connectivity index is 2.69. The lowest BCUT2D eigenvalue weighted by atomic mass is 10.1. The lowest BCUT2D eigenvalue weighted by Gasteiger charge is -2.09. The molecule has 4 heteroatoms. The highest BCUT2D eigenvalue weighted by Crippen LogP contribution is 2.29. The summed E-state index contributed by atoms with van der Waals surface area (Å²) in [6.45, 7) is 1.99. The second-order valence-electron chi connectivity index (χ2n) is 3.41. The summed E-state index contributed by atoms with van der Waals surface area (Å²) in [6.07, 6.45) is 0.548. The Morgan fingerprint density at radius 1 is 1.60 bits per heavy atom. The fourth-order valence-electron chi connectivity index (χ4n) is 1.22. The Morgan fingerprint density at radius 3 is 2.80 bits per heavy atom. The maximum atomic E-state index is 10.4. The van der Waals surface area contributed by atoms with Gasteiger partial charge in [-0.1, -0.05) is 28.1 Å². The van der Waals surface area contributed by atoms with Crippen LogP contribution in [0.2, 0.25) is 0 Å². The highest BCUT2D eigenvalue weighted by molar-refractivity contribution is 9.10. The molecule has 0 saturated heterocycles. The first kappa shape index (κ1) is 12.5. The van der Waals surface area contributed by atoms with Crippen molar-refractivity contribution >= 4 is 33.5 Å². The van der Waals surface area contributed by atoms with Gasteiger partial charge in [-0.3, -0.25) is 4.79 Å². The van der Waals surface area contributed by atoms with E-state index >= 15 is 0 Å². The topological polar surface area (TPSA) is 37.3 Å². The third-order valence-electron chi connectivity index (χ3n) is 2.17. The molecule has 1 N–H and O–H groups in total. The Morgan fingerprint density at radius 2 is 2.27 bits per heavy atom. The number of carbonyl (C=O) groups is 1. The van der Waals surface area contributed by atoms with Crippen molar-refractivity contribution in [1.29, 1.82) is 0 Å². The summed E-state index contributed by atoms with van der Waals surface area (Å²) in [4.78, 5) is 10.4. The summed E-state index contributed by atoms with van der Waals surface area (Å²) in [5, 5.41) is 8.30. The molecule has 1 rings (SSSR count). The van der Waals surface area contributed by atoms with E-state index in [-0.39, 0.29) is 11.8 Å². The van der Waals surface area contributed by atoms with Gasteiger partial charge in [0, 0.05) is 10.9 Å². The summed E-state index contributed by atoms with van der Waals surface area (Å²) in [5.74, 6) is -0.813. The van der Waals surface area contributed by atoms with E-state index in [0.717, 1.165) is 15.6 Å². The summed E-state index contributed by atoms with van der Waals surface area (Å²) < 4.78 is 1.00. The predicted molar refractivity (Wildman–Crippen MR) is 64.3 cm³/mol. The van der Waals surface area contributed by atoms with Crippen LogP contribution in [-0.4, -0.2) is 11.1 Å². The minimum absolute atomic E-state index is 0.0969. The zero-order valence-electron chi connectivity index (χ0n) is 8.34. The van der Waals surface area contributed by atoms with E-state index < -0.39 is 5.97 Å². The van der Waals surface area contributed by atoms with Crippen LogP contribution < -0.4 is 0 Å². The Hall–Kier alpha value is -0.540. The van der Waals surface area contributed by atoms with Crippen LogP contribution >= 0.6 is 27.5 Å². The maximum absolute atomic E-state index is 10.4. The van der Waals surface area contributed by atoms with Crippen LogP contribution in [0.4, 0.5) is 0 Å². The van der Waals surface area contributed by atoms with Crippen LogP contribution in [0, 0.1) is 6.92 Å². The van der Waals surface area contributed by atoms with Gasteiger partial charge in [0.2, 0.25) is 0 Å². The number of carboxylic acids is 1. The first-order chi connectivity index (χ1) is 7.00. The Bertz CT molecular complexity index is 366. The molecular formula is C11H12BrClO2. The first-order valence-corrected chi connectivity index (χ1v) is 5.85. The van der Waals surface area contributed by atoms with Crippen LogP contribution in [0.15, 0.2) is 22.7 Å². The number of hydrogen-bond donors (Lipinski definition) is 1. The predicted octanol–water partition coefficient (Wildman–Crippen LogP) is 3.90. The third kappa shape index (κ3) is 3.84. The molecule has 0 amide bonds. The molecule has 0 aliphatic rings. The summed E-state index contributed by atoms with van der Waals surface area (Å²) in [6, 6.07) is 5.84. The molecule has 0 heterocycles. The molecule has 0 saturated carbocycles. The molecule has 0 aromatic heterocycles. The highest BCUT2D eigenvalue weighted by Gasteiger charge is 2.10. The molecular weight excluding hydrogens is 279 g/mol. The zero-order valence-corrected chi connectivity index (χ0v) is 10.7. The van der Waals surface area contributed by atoms with Crippen molar-refractivity contribution in [2.75, 3.05) is 0 Å². The van der Waals surface area contributed by atoms with Gasteiger partial charge in [-0.05, 0) is 30.5 Å². The highest BCUT2D eigenvalue weighted by atomic mass is 79.9. The number of aryl methyl sites for hydroxylation is 1. The molecule has 1 aromatic rings. The lowest BCUT2D eigenvalue weighted by Crippen LogP contribution is -1.98. The van der Waals surface area contributed by atoms with E-state index in [1.54, 1.807) is 0 Å². The van der Waals surface area contributed by atoms with Crippen LogP contribution in [-0.2, 0) is 4.79 Å². The fourth-order valence-corrected chi connectivity index (χ4v) is 1.86. The van der Waals surface area contributed by atoms with Crippen molar-refractivity contribution in [3.8, 4) is 0 Å². The fraction of sp³-hybridized carbons (Fsp3) is 0.364. The van der Waals surface area contributed by atoms with Crippen molar-refractivity contribution in [2.24, 2.45) is 0 Å². The van der Waals surface area contributed by atoms with Gasteiger partial charge in [0.25, 0.3) is 0 Å². The first-order valence-electron chi connectivity index (χ1n) is 4.62. The monoisotopic (exact) mass is 290 g/mol. The second-order valence-corrected chi connectivity index (χ2v) is 4.79. The molecule has 0 spiro atoms. The quantitative estimate of drug-likeness (QED) is 0.854. The van der Waals surface area contributed by atoms with E-state index in [0.29, 0.717) is 6.42 Å². The molecule has 15 heavy (non-hydrogen) atoms. The van der Waals surface area contributed by atoms with Crippen LogP contribution in [0.25, 0.3) is 0 Å². The molecule has 1 aromatic carbocycles. The molecule has 0 radical (unpaired) electrons. The van der Waals surface area contributed by atoms with E-state index in [9.17, 15) is 4.79 Å². The van der Waals surface area contributed by atoms with Gasteiger partial charge in [-0.2, -0.15) is 0 Å². The van der Waals surface area contributed by atoms with Gasteiger partial charge in [0.15, 0.2) is 0 Å². The summed E-state index contributed by atoms with van der Waals surface area (Å²) in [5.41, 5.74) is 2.09. The number of benzene rings is 1. The molecule has 0 bridgehead atoms. The molecule has 0 aliphatic heterocycles. The Kier molecular flexibility index (Phi) is 4.61. The van der Waals surface area contributed by atoms with Gasteiger partial charge >= 0.3 is 5.97 Å². The SMILES string of the molecule is Cc1ccc(C(Cl)CCC(=O)O)cc1Br. The van der Waals surface area contributed by atoms with Crippen molar-refractivity contribution in [3.05, 3.63) is 33.8 Å². The summed E-state index contributed by atoms with van der Waals surface area (Å²) >= 11 is 9.51. The smallest absolute Gasteiger partial charge is 0.303 e. The number of rotatable bonds is 4. The molecule has 2 nitrogen and oxygen atoms in total. The van der Waals surface area contributed by atoms with Gasteiger partial charge < -0.3 is 5.11 Å². The van der Waals surface area contributed by atoms with Crippen LogP contribution in [0.3, 0.4) is 0 Å². The number of halogens is 2. The number of hydrogen-bond acceptors (Lipinski definition) is 1. The van der Waals surface area contributed by atoms with E-state index in [2.05, 4.69) is 15.9 Å². The third-order valence-corrected chi connectivity index (χ3v) is 3.49. The normalized spacial score (nSPS) is 12.5. The molecule has 0 aliphatic carbocycles. The van der Waals surface area contributed by atoms with Gasteiger partial charge in [-0.25, -0.2) is 0 Å². The average Bonchev–Trinajstić information content (AvgIpc) is 2.18. The van der Waals surface area contributed by atoms with Crippen molar-refractivity contribution in [2.45, 2.75) is 25.1 Å². The van der Waals surface area contributed by atoms with Crippen LogP contribution in [0.1, 0.15) is 29.3 Å². The number of alkyl halides is 1. The minimum Gasteiger partial charge on any atom is -0.481 e. The number of carboxylic acid groups (broad SMARTS) is 1. The molecule has 82 valence electrons. The average molecular weight is 292 g/mol. The zero-order chi connectivity index (χ0) is 11.4. The molecule has 1 unspecified atom stereocenters. The van der Waals surface area contributed by atoms with Gasteiger partial charge in [-0.15, -0.1) is 11.6 Å². The van der Waals surface area contributed by atoms with Gasteiger partial charge in [0.1, 0.15) is 0 Å². The second kappa shape index (κ2) is 5.52. The molecule has 1 atom stereocenters. The van der Waals surface area contributed by atoms with E-state index in [4.69, 9.17) is 16.7 Å². The lowest BCUT2D eigenvalue weighted by molar-refractivity contribution is -0.137. The number of aliphatic carboxylic acids is 1. The molecule has 0 fully saturated rings. The van der Waals surface area contributed by atoms with E-state index in [1.807, 2.05) is 25.1 Å². The van der Waals surface area contributed by atoms with Crippen molar-refractivity contribution < 1.29 is 9.90 Å². The van der Waals surface area contributed by atoms with Crippen LogP contribution in [0.5, 0.6) is 0 Å². The van der Waals surface area contributed by atoms with Crippen molar-refractivity contribution in [3.63, 3.8) is 0 Å². The van der Waals surface area contributed by atoms with Crippen molar-refractivity contribution in [1.82, 2.24) is 0 Å². The maximum Gasteiger partial charge on any atom is 0.303 e. The summed E-state index contributed by atoms with van der Waals surface area (Å²) in [7, 11) is 0. The minimum atomic E-state index is -0.813. The standard InChI is InChI=1S/C11H12BrClO2/c1-7-2-3-8(6-9(7)12)10(13)4-5-11(14)15/h2-3,6,10H,4-5H2,1H3,(H,14,15).